The molecule has 0 aromatic rings. The van der Waals surface area contributed by atoms with E-state index >= 15 is 0 Å². The summed E-state index contributed by atoms with van der Waals surface area (Å²) in [6, 6.07) is 0. The lowest BCUT2D eigenvalue weighted by molar-refractivity contribution is 0.249. The molecule has 22 heavy (non-hydrogen) atoms. The van der Waals surface area contributed by atoms with Gasteiger partial charge in [-0.3, -0.25) is 5.41 Å². The van der Waals surface area contributed by atoms with E-state index in [0.717, 1.165) is 5.57 Å². The lowest BCUT2D eigenvalue weighted by Crippen LogP contribution is -2.42. The number of allylic oxidation sites excluding steroid dienone is 1. The first-order chi connectivity index (χ1) is 9.94. The third-order valence-corrected chi connectivity index (χ3v) is 10.4. The third kappa shape index (κ3) is 5.69. The van der Waals surface area contributed by atoms with Gasteiger partial charge in [0, 0.05) is 11.9 Å². The van der Waals surface area contributed by atoms with E-state index in [0.29, 0.717) is 17.4 Å². The largest absolute Gasteiger partial charge is 0.416 e. The highest BCUT2D eigenvalue weighted by Crippen LogP contribution is 2.43. The lowest BCUT2D eigenvalue weighted by Gasteiger charge is -2.36. The molecule has 3 nitrogen and oxygen atoms in total. The summed E-state index contributed by atoms with van der Waals surface area (Å²) in [5, 5.41) is 17.6. The fraction of sp³-hybridized carbons (Fsp3) is 0.667. The van der Waals surface area contributed by atoms with E-state index < -0.39 is 14.4 Å². The van der Waals surface area contributed by atoms with Gasteiger partial charge in [0.25, 0.3) is 0 Å². The molecule has 2 atom stereocenters. The standard InChI is InChI=1S/C15H25Cl2NO2SSi/c1-15(2,3)22(4,5)20-9-10-8-11(14(17)21-10)12(19)6-7-13(16)18/h6-7,10,12,18-19H,8-9H2,1-5H3/b7-6+,18-13?. The van der Waals surface area contributed by atoms with Gasteiger partial charge in [-0.25, -0.2) is 0 Å². The Morgan fingerprint density at radius 2 is 2.14 bits per heavy atom. The summed E-state index contributed by atoms with van der Waals surface area (Å²) in [5.41, 5.74) is 0.782. The van der Waals surface area contributed by atoms with Crippen LogP contribution in [0.3, 0.4) is 0 Å². The Hall–Kier alpha value is 0.217. The number of thioether (sulfide) groups is 1. The molecule has 1 rings (SSSR count). The highest BCUT2D eigenvalue weighted by Gasteiger charge is 2.38. The van der Waals surface area contributed by atoms with Crippen molar-refractivity contribution in [1.29, 1.82) is 5.41 Å². The molecular formula is C15H25Cl2NO2SSi. The van der Waals surface area contributed by atoms with Gasteiger partial charge in [0.15, 0.2) is 8.32 Å². The molecular weight excluding hydrogens is 357 g/mol. The third-order valence-electron chi connectivity index (χ3n) is 4.19. The van der Waals surface area contributed by atoms with Gasteiger partial charge in [0.2, 0.25) is 0 Å². The molecule has 0 radical (unpaired) electrons. The van der Waals surface area contributed by atoms with Gasteiger partial charge in [-0.2, -0.15) is 0 Å². The maximum Gasteiger partial charge on any atom is 0.192 e. The molecule has 0 saturated carbocycles. The molecule has 0 aromatic carbocycles. The van der Waals surface area contributed by atoms with Gasteiger partial charge in [0.05, 0.1) is 10.5 Å². The van der Waals surface area contributed by atoms with Crippen LogP contribution in [0.5, 0.6) is 0 Å². The summed E-state index contributed by atoms with van der Waals surface area (Å²) in [4.78, 5) is 0. The van der Waals surface area contributed by atoms with Crippen LogP contribution in [0.4, 0.5) is 0 Å². The summed E-state index contributed by atoms with van der Waals surface area (Å²) < 4.78 is 6.86. The van der Waals surface area contributed by atoms with E-state index in [-0.39, 0.29) is 15.5 Å². The number of hydrogen-bond acceptors (Lipinski definition) is 4. The summed E-state index contributed by atoms with van der Waals surface area (Å²) in [6.45, 7) is 11.7. The maximum atomic E-state index is 10.1. The Morgan fingerprint density at radius 3 is 2.64 bits per heavy atom. The smallest absolute Gasteiger partial charge is 0.192 e. The molecule has 0 saturated heterocycles. The second-order valence-electron chi connectivity index (χ2n) is 6.97. The van der Waals surface area contributed by atoms with Crippen molar-refractivity contribution in [3.8, 4) is 0 Å². The number of hydrogen-bond donors (Lipinski definition) is 2. The van der Waals surface area contributed by atoms with Gasteiger partial charge >= 0.3 is 0 Å². The minimum Gasteiger partial charge on any atom is -0.416 e. The number of halogens is 2. The Balaban J connectivity index is 2.59. The minimum atomic E-state index is -1.77. The fourth-order valence-corrected chi connectivity index (χ4v) is 4.59. The lowest BCUT2D eigenvalue weighted by atomic mass is 10.1. The van der Waals surface area contributed by atoms with Gasteiger partial charge in [-0.05, 0) is 42.3 Å². The van der Waals surface area contributed by atoms with E-state index in [4.69, 9.17) is 33.0 Å². The normalized spacial score (nSPS) is 21.7. The average molecular weight is 382 g/mol. The van der Waals surface area contributed by atoms with Crippen LogP contribution in [-0.2, 0) is 4.43 Å². The molecule has 1 aliphatic rings. The molecule has 126 valence electrons. The predicted molar refractivity (Wildman–Crippen MR) is 101 cm³/mol. The van der Waals surface area contributed by atoms with Crippen LogP contribution in [0.2, 0.25) is 18.1 Å². The van der Waals surface area contributed by atoms with Crippen molar-refractivity contribution in [3.05, 3.63) is 22.1 Å². The molecule has 1 aliphatic heterocycles. The summed E-state index contributed by atoms with van der Waals surface area (Å²) in [6.07, 6.45) is 2.76. The van der Waals surface area contributed by atoms with Crippen molar-refractivity contribution in [2.24, 2.45) is 0 Å². The highest BCUT2D eigenvalue weighted by atomic mass is 35.5. The fourth-order valence-electron chi connectivity index (χ4n) is 1.73. The van der Waals surface area contributed by atoms with Crippen LogP contribution >= 0.6 is 35.0 Å². The summed E-state index contributed by atoms with van der Waals surface area (Å²) in [7, 11) is -1.77. The van der Waals surface area contributed by atoms with Crippen LogP contribution in [-0.4, -0.2) is 36.6 Å². The minimum absolute atomic E-state index is 0.112. The molecule has 7 heteroatoms. The molecule has 0 spiro atoms. The van der Waals surface area contributed by atoms with E-state index in [1.54, 1.807) is 11.8 Å². The van der Waals surface area contributed by atoms with Gasteiger partial charge in [-0.15, -0.1) is 11.8 Å². The first kappa shape index (κ1) is 20.3. The van der Waals surface area contributed by atoms with Gasteiger partial charge < -0.3 is 9.53 Å². The van der Waals surface area contributed by atoms with Crippen LogP contribution in [0, 0.1) is 5.41 Å². The molecule has 0 amide bonds. The van der Waals surface area contributed by atoms with E-state index in [1.807, 2.05) is 0 Å². The number of aliphatic hydroxyl groups is 1. The van der Waals surface area contributed by atoms with E-state index in [2.05, 4.69) is 33.9 Å². The van der Waals surface area contributed by atoms with Crippen LogP contribution in [0.15, 0.2) is 22.1 Å². The van der Waals surface area contributed by atoms with Gasteiger partial charge in [-0.1, -0.05) is 44.0 Å². The zero-order valence-electron chi connectivity index (χ0n) is 13.7. The Kier molecular flexibility index (Phi) is 7.24. The van der Waals surface area contributed by atoms with Crippen molar-refractivity contribution in [1.82, 2.24) is 0 Å². The molecule has 2 unspecified atom stereocenters. The Labute approximate surface area is 148 Å². The molecule has 0 aromatic heterocycles. The van der Waals surface area contributed by atoms with Crippen LogP contribution in [0.1, 0.15) is 27.2 Å². The van der Waals surface area contributed by atoms with E-state index in [9.17, 15) is 5.11 Å². The van der Waals surface area contributed by atoms with Crippen LogP contribution < -0.4 is 0 Å². The molecule has 0 fully saturated rings. The number of nitrogens with one attached hydrogen (secondary N) is 1. The second kappa shape index (κ2) is 7.86. The van der Waals surface area contributed by atoms with Crippen molar-refractivity contribution in [2.45, 2.75) is 56.7 Å². The molecule has 1 heterocycles. The van der Waals surface area contributed by atoms with E-state index in [1.165, 1.54) is 12.2 Å². The number of rotatable bonds is 6. The SMILES string of the molecule is CC(C)(C)[Si](C)(C)OCC1CC(C(O)/C=C/C(=N)Cl)=C(Cl)S1. The first-order valence-electron chi connectivity index (χ1n) is 7.23. The molecule has 0 bridgehead atoms. The Bertz CT molecular complexity index is 486. The second-order valence-corrected chi connectivity index (χ2v) is 14.1. The zero-order chi connectivity index (χ0) is 17.1. The summed E-state index contributed by atoms with van der Waals surface area (Å²) >= 11 is 13.2. The van der Waals surface area contributed by atoms with Crippen molar-refractivity contribution < 1.29 is 9.53 Å². The molecule has 0 aliphatic carbocycles. The zero-order valence-corrected chi connectivity index (χ0v) is 17.1. The van der Waals surface area contributed by atoms with Crippen molar-refractivity contribution in [2.75, 3.05) is 6.61 Å². The topological polar surface area (TPSA) is 53.3 Å². The molecule has 2 N–H and O–H groups in total. The quantitative estimate of drug-likeness (QED) is 0.497. The predicted octanol–water partition coefficient (Wildman–Crippen LogP) is 5.10. The maximum absolute atomic E-state index is 10.1. The first-order valence-corrected chi connectivity index (χ1v) is 11.8. The van der Waals surface area contributed by atoms with Crippen molar-refractivity contribution >= 4 is 48.5 Å². The van der Waals surface area contributed by atoms with Crippen LogP contribution in [0.25, 0.3) is 0 Å². The van der Waals surface area contributed by atoms with Gasteiger partial charge in [0.1, 0.15) is 5.17 Å². The Morgan fingerprint density at radius 1 is 1.55 bits per heavy atom. The number of aliphatic hydroxyl groups excluding tert-OH is 1. The monoisotopic (exact) mass is 381 g/mol. The average Bonchev–Trinajstić information content (AvgIpc) is 2.73. The highest BCUT2D eigenvalue weighted by molar-refractivity contribution is 8.05. The summed E-state index contributed by atoms with van der Waals surface area (Å²) in [5.74, 6) is 0. The van der Waals surface area contributed by atoms with Crippen molar-refractivity contribution in [3.63, 3.8) is 0 Å².